The van der Waals surface area contributed by atoms with Crippen LogP contribution in [-0.2, 0) is 11.2 Å². The highest BCUT2D eigenvalue weighted by molar-refractivity contribution is 5.96. The van der Waals surface area contributed by atoms with Gasteiger partial charge in [0.15, 0.2) is 0 Å². The molecule has 1 amide bonds. The molecule has 0 atom stereocenters. The summed E-state index contributed by atoms with van der Waals surface area (Å²) in [5.74, 6) is -0.0239. The Bertz CT molecular complexity index is 849. The number of anilines is 1. The van der Waals surface area contributed by atoms with Gasteiger partial charge in [0, 0.05) is 22.7 Å². The number of phenolic OH excluding ortho intramolecular Hbond substituents is 1. The van der Waals surface area contributed by atoms with E-state index in [1.807, 2.05) is 26.0 Å². The average Bonchev–Trinajstić information content (AvgIpc) is 2.86. The van der Waals surface area contributed by atoms with Gasteiger partial charge in [-0.25, -0.2) is 0 Å². The third kappa shape index (κ3) is 2.68. The molecule has 2 N–H and O–H groups in total. The number of amides is 1. The van der Waals surface area contributed by atoms with Gasteiger partial charge in [-0.3, -0.25) is 4.79 Å². The van der Waals surface area contributed by atoms with Crippen molar-refractivity contribution in [3.63, 3.8) is 0 Å². The van der Waals surface area contributed by atoms with Crippen LogP contribution in [0.4, 0.5) is 5.69 Å². The first kappa shape index (κ1) is 14.2. The van der Waals surface area contributed by atoms with Crippen LogP contribution in [0.5, 0.6) is 5.75 Å². The summed E-state index contributed by atoms with van der Waals surface area (Å²) < 4.78 is 5.61. The van der Waals surface area contributed by atoms with E-state index in [4.69, 9.17) is 4.42 Å². The van der Waals surface area contributed by atoms with Crippen molar-refractivity contribution in [2.24, 2.45) is 0 Å². The molecule has 0 unspecified atom stereocenters. The molecule has 0 spiro atoms. The zero-order valence-electron chi connectivity index (χ0n) is 12.5. The summed E-state index contributed by atoms with van der Waals surface area (Å²) in [5, 5.41) is 13.2. The molecule has 2 aromatic carbocycles. The fourth-order valence-electron chi connectivity index (χ4n) is 2.49. The lowest BCUT2D eigenvalue weighted by molar-refractivity contribution is -0.115. The number of nitrogens with one attached hydrogen (secondary N) is 1. The van der Waals surface area contributed by atoms with Crippen LogP contribution >= 0.6 is 0 Å². The molecule has 0 saturated heterocycles. The maximum absolute atomic E-state index is 12.2. The Kier molecular flexibility index (Phi) is 3.59. The predicted molar refractivity (Wildman–Crippen MR) is 86.1 cm³/mol. The molecule has 4 nitrogen and oxygen atoms in total. The summed E-state index contributed by atoms with van der Waals surface area (Å²) in [6, 6.07) is 10.5. The lowest BCUT2D eigenvalue weighted by Gasteiger charge is -2.05. The minimum absolute atomic E-state index is 0.123. The number of benzene rings is 2. The number of hydrogen-bond acceptors (Lipinski definition) is 3. The molecule has 0 radical (unpaired) electrons. The quantitative estimate of drug-likeness (QED) is 0.769. The van der Waals surface area contributed by atoms with Crippen LogP contribution in [0.2, 0.25) is 0 Å². The second-order valence-corrected chi connectivity index (χ2v) is 5.42. The number of rotatable bonds is 3. The number of phenols is 1. The number of carbonyl (C=O) groups is 1. The molecule has 3 rings (SSSR count). The van der Waals surface area contributed by atoms with Crippen LogP contribution in [0.25, 0.3) is 11.0 Å². The first-order valence-corrected chi connectivity index (χ1v) is 7.10. The Labute approximate surface area is 128 Å². The molecule has 0 bridgehead atoms. The molecule has 22 heavy (non-hydrogen) atoms. The fraction of sp³-hybridized carbons (Fsp3) is 0.167. The highest BCUT2D eigenvalue weighted by Gasteiger charge is 2.13. The van der Waals surface area contributed by atoms with Crippen molar-refractivity contribution in [3.05, 3.63) is 59.4 Å². The highest BCUT2D eigenvalue weighted by atomic mass is 16.3. The van der Waals surface area contributed by atoms with E-state index in [0.717, 1.165) is 27.7 Å². The molecule has 0 aliphatic heterocycles. The number of aromatic hydroxyl groups is 1. The standard InChI is InChI=1S/C18H17NO3/c1-11-6-7-16-13(10-22-18(16)12(11)2)8-17(21)19-14-4-3-5-15(20)9-14/h3-7,9-10,20H,8H2,1-2H3,(H,19,21). The smallest absolute Gasteiger partial charge is 0.228 e. The van der Waals surface area contributed by atoms with Gasteiger partial charge >= 0.3 is 0 Å². The van der Waals surface area contributed by atoms with Gasteiger partial charge in [-0.15, -0.1) is 0 Å². The summed E-state index contributed by atoms with van der Waals surface area (Å²) in [6.45, 7) is 4.04. The largest absolute Gasteiger partial charge is 0.508 e. The normalized spacial score (nSPS) is 10.8. The summed E-state index contributed by atoms with van der Waals surface area (Å²) in [6.07, 6.45) is 1.87. The minimum Gasteiger partial charge on any atom is -0.508 e. The monoisotopic (exact) mass is 295 g/mol. The van der Waals surface area contributed by atoms with E-state index >= 15 is 0 Å². The van der Waals surface area contributed by atoms with Gasteiger partial charge in [-0.05, 0) is 37.1 Å². The lowest BCUT2D eigenvalue weighted by atomic mass is 10.0. The number of aryl methyl sites for hydroxylation is 2. The fourth-order valence-corrected chi connectivity index (χ4v) is 2.49. The SMILES string of the molecule is Cc1ccc2c(CC(=O)Nc3cccc(O)c3)coc2c1C. The van der Waals surface area contributed by atoms with Gasteiger partial charge in [0.2, 0.25) is 5.91 Å². The van der Waals surface area contributed by atoms with E-state index in [0.29, 0.717) is 5.69 Å². The van der Waals surface area contributed by atoms with E-state index in [-0.39, 0.29) is 18.1 Å². The summed E-state index contributed by atoms with van der Waals surface area (Å²) in [4.78, 5) is 12.2. The Morgan fingerprint density at radius 1 is 1.23 bits per heavy atom. The average molecular weight is 295 g/mol. The van der Waals surface area contributed by atoms with Crippen molar-refractivity contribution in [2.45, 2.75) is 20.3 Å². The molecule has 1 heterocycles. The number of fused-ring (bicyclic) bond motifs is 1. The molecule has 0 saturated carbocycles. The number of hydrogen-bond donors (Lipinski definition) is 2. The van der Waals surface area contributed by atoms with Crippen LogP contribution in [0, 0.1) is 13.8 Å². The van der Waals surface area contributed by atoms with Crippen LogP contribution in [0.1, 0.15) is 16.7 Å². The molecule has 3 aromatic rings. The molecule has 112 valence electrons. The molecular formula is C18H17NO3. The first-order chi connectivity index (χ1) is 10.5. The summed E-state index contributed by atoms with van der Waals surface area (Å²) in [5.41, 5.74) is 4.52. The number of carbonyl (C=O) groups excluding carboxylic acids is 1. The van der Waals surface area contributed by atoms with Crippen molar-refractivity contribution in [2.75, 3.05) is 5.32 Å². The predicted octanol–water partition coefficient (Wildman–Crippen LogP) is 3.94. The molecule has 4 heteroatoms. The van der Waals surface area contributed by atoms with Crippen LogP contribution in [0.3, 0.4) is 0 Å². The highest BCUT2D eigenvalue weighted by Crippen LogP contribution is 2.27. The van der Waals surface area contributed by atoms with Crippen LogP contribution < -0.4 is 5.32 Å². The van der Waals surface area contributed by atoms with E-state index in [1.165, 1.54) is 6.07 Å². The van der Waals surface area contributed by atoms with Gasteiger partial charge in [-0.2, -0.15) is 0 Å². The molecule has 0 fully saturated rings. The van der Waals surface area contributed by atoms with Gasteiger partial charge < -0.3 is 14.8 Å². The first-order valence-electron chi connectivity index (χ1n) is 7.10. The lowest BCUT2D eigenvalue weighted by Crippen LogP contribution is -2.14. The van der Waals surface area contributed by atoms with E-state index in [9.17, 15) is 9.90 Å². The third-order valence-electron chi connectivity index (χ3n) is 3.82. The zero-order chi connectivity index (χ0) is 15.7. The van der Waals surface area contributed by atoms with Crippen molar-refractivity contribution >= 4 is 22.6 Å². The van der Waals surface area contributed by atoms with Crippen LogP contribution in [0.15, 0.2) is 47.1 Å². The maximum Gasteiger partial charge on any atom is 0.228 e. The second kappa shape index (κ2) is 5.56. The van der Waals surface area contributed by atoms with Crippen molar-refractivity contribution in [1.29, 1.82) is 0 Å². The molecule has 0 aliphatic rings. The van der Waals surface area contributed by atoms with Gasteiger partial charge in [0.05, 0.1) is 12.7 Å². The molecule has 1 aromatic heterocycles. The second-order valence-electron chi connectivity index (χ2n) is 5.42. The van der Waals surface area contributed by atoms with Crippen LogP contribution in [-0.4, -0.2) is 11.0 Å². The number of furan rings is 1. The zero-order valence-corrected chi connectivity index (χ0v) is 12.5. The Hall–Kier alpha value is -2.75. The van der Waals surface area contributed by atoms with E-state index in [1.54, 1.807) is 24.5 Å². The van der Waals surface area contributed by atoms with Gasteiger partial charge in [-0.1, -0.05) is 18.2 Å². The van der Waals surface area contributed by atoms with Crippen molar-refractivity contribution < 1.29 is 14.3 Å². The minimum atomic E-state index is -0.147. The van der Waals surface area contributed by atoms with Crippen molar-refractivity contribution in [1.82, 2.24) is 0 Å². The van der Waals surface area contributed by atoms with Crippen molar-refractivity contribution in [3.8, 4) is 5.75 Å². The Morgan fingerprint density at radius 3 is 2.82 bits per heavy atom. The molecule has 0 aliphatic carbocycles. The Balaban J connectivity index is 1.81. The van der Waals surface area contributed by atoms with E-state index < -0.39 is 0 Å². The Morgan fingerprint density at radius 2 is 2.05 bits per heavy atom. The topological polar surface area (TPSA) is 62.5 Å². The molecular weight excluding hydrogens is 278 g/mol. The summed E-state index contributed by atoms with van der Waals surface area (Å²) in [7, 11) is 0. The third-order valence-corrected chi connectivity index (χ3v) is 3.82. The van der Waals surface area contributed by atoms with Gasteiger partial charge in [0.25, 0.3) is 0 Å². The van der Waals surface area contributed by atoms with Gasteiger partial charge in [0.1, 0.15) is 11.3 Å². The van der Waals surface area contributed by atoms with E-state index in [2.05, 4.69) is 5.32 Å². The maximum atomic E-state index is 12.2. The summed E-state index contributed by atoms with van der Waals surface area (Å²) >= 11 is 0.